The molecule has 0 aliphatic heterocycles. The minimum atomic E-state index is -3.93. The second-order valence-electron chi connectivity index (χ2n) is 8.61. The molecule has 5 aromatic rings. The Morgan fingerprint density at radius 3 is 2.49 bits per heavy atom. The van der Waals surface area contributed by atoms with Gasteiger partial charge in [0, 0.05) is 22.8 Å². The molecule has 1 amide bonds. The first-order valence-electron chi connectivity index (χ1n) is 11.3. The van der Waals surface area contributed by atoms with Gasteiger partial charge in [-0.1, -0.05) is 60.7 Å². The minimum Gasteiger partial charge on any atom is -0.361 e. The zero-order valence-electron chi connectivity index (χ0n) is 19.2. The van der Waals surface area contributed by atoms with E-state index < -0.39 is 22.0 Å². The third-order valence-corrected chi connectivity index (χ3v) is 7.50. The fourth-order valence-electron chi connectivity index (χ4n) is 4.24. The molecule has 4 aromatic carbocycles. The van der Waals surface area contributed by atoms with Crippen molar-refractivity contribution in [1.82, 2.24) is 9.71 Å². The average molecular weight is 484 g/mol. The highest BCUT2D eigenvalue weighted by Crippen LogP contribution is 2.22. The Morgan fingerprint density at radius 2 is 1.66 bits per heavy atom. The molecule has 5 rings (SSSR count). The van der Waals surface area contributed by atoms with Crippen LogP contribution in [-0.2, 0) is 21.2 Å². The Balaban J connectivity index is 1.47. The molecule has 0 spiro atoms. The molecule has 7 heteroatoms. The molecular weight excluding hydrogens is 458 g/mol. The Bertz CT molecular complexity index is 1640. The molecule has 0 aliphatic carbocycles. The molecule has 1 heterocycles. The molecule has 35 heavy (non-hydrogen) atoms. The van der Waals surface area contributed by atoms with E-state index in [-0.39, 0.29) is 11.3 Å². The van der Waals surface area contributed by atoms with Gasteiger partial charge in [-0.05, 0) is 65.6 Å². The summed E-state index contributed by atoms with van der Waals surface area (Å²) in [5.41, 5.74) is 3.21. The highest BCUT2D eigenvalue weighted by molar-refractivity contribution is 7.89. The van der Waals surface area contributed by atoms with Crippen LogP contribution in [0.4, 0.5) is 5.69 Å². The molecule has 3 N–H and O–H groups in total. The Labute approximate surface area is 204 Å². The third-order valence-electron chi connectivity index (χ3n) is 6.03. The van der Waals surface area contributed by atoms with Crippen LogP contribution in [0.25, 0.3) is 21.7 Å². The zero-order valence-corrected chi connectivity index (χ0v) is 20.0. The van der Waals surface area contributed by atoms with Crippen molar-refractivity contribution in [2.45, 2.75) is 24.3 Å². The maximum absolute atomic E-state index is 13.4. The van der Waals surface area contributed by atoms with Gasteiger partial charge >= 0.3 is 0 Å². The van der Waals surface area contributed by atoms with Crippen LogP contribution in [0.3, 0.4) is 0 Å². The molecular formula is C28H25N3O3S. The molecule has 176 valence electrons. The predicted molar refractivity (Wildman–Crippen MR) is 140 cm³/mol. The quantitative estimate of drug-likeness (QED) is 0.299. The van der Waals surface area contributed by atoms with E-state index in [9.17, 15) is 13.2 Å². The molecule has 0 radical (unpaired) electrons. The van der Waals surface area contributed by atoms with Crippen LogP contribution < -0.4 is 10.0 Å². The molecule has 0 bridgehead atoms. The van der Waals surface area contributed by atoms with E-state index in [0.29, 0.717) is 5.69 Å². The smallest absolute Gasteiger partial charge is 0.242 e. The number of hydrogen-bond donors (Lipinski definition) is 3. The topological polar surface area (TPSA) is 91.1 Å². The summed E-state index contributed by atoms with van der Waals surface area (Å²) in [5.74, 6) is -0.429. The van der Waals surface area contributed by atoms with Gasteiger partial charge in [0.05, 0.1) is 4.90 Å². The summed E-state index contributed by atoms with van der Waals surface area (Å²) < 4.78 is 29.1. The largest absolute Gasteiger partial charge is 0.361 e. The first-order chi connectivity index (χ1) is 16.9. The molecule has 6 nitrogen and oxygen atoms in total. The van der Waals surface area contributed by atoms with E-state index in [0.717, 1.165) is 32.8 Å². The molecule has 1 unspecified atom stereocenters. The number of hydrogen-bond acceptors (Lipinski definition) is 3. The standard InChI is InChI=1S/C28H25N3O3S/c1-19-7-6-10-24(15-19)35(33,34)31-27(17-22-18-29-26-12-5-4-11-25(22)26)28(32)30-23-14-13-20-8-2-3-9-21(20)16-23/h2-16,18,27,29,31H,17H2,1H3,(H,30,32). The van der Waals surface area contributed by atoms with Crippen molar-refractivity contribution in [3.05, 3.63) is 108 Å². The van der Waals surface area contributed by atoms with E-state index >= 15 is 0 Å². The lowest BCUT2D eigenvalue weighted by Gasteiger charge is -2.19. The van der Waals surface area contributed by atoms with Gasteiger partial charge in [0.25, 0.3) is 0 Å². The molecule has 1 atom stereocenters. The SMILES string of the molecule is Cc1cccc(S(=O)(=O)NC(Cc2c[nH]c3ccccc23)C(=O)Nc2ccc3ccccc3c2)c1. The monoisotopic (exact) mass is 483 g/mol. The molecule has 1 aromatic heterocycles. The summed E-state index contributed by atoms with van der Waals surface area (Å²) in [5, 5.41) is 5.90. The molecule has 0 saturated carbocycles. The number of rotatable bonds is 7. The number of nitrogens with one attached hydrogen (secondary N) is 3. The number of sulfonamides is 1. The third kappa shape index (κ3) is 4.96. The summed E-state index contributed by atoms with van der Waals surface area (Å²) in [6.45, 7) is 1.83. The van der Waals surface area contributed by atoms with E-state index in [1.165, 1.54) is 6.07 Å². The van der Waals surface area contributed by atoms with E-state index in [1.807, 2.05) is 85.9 Å². The summed E-state index contributed by atoms with van der Waals surface area (Å²) >= 11 is 0. The lowest BCUT2D eigenvalue weighted by atomic mass is 10.0. The zero-order chi connectivity index (χ0) is 24.4. The van der Waals surface area contributed by atoms with Gasteiger partial charge in [-0.3, -0.25) is 4.79 Å². The number of H-pyrrole nitrogens is 1. The number of aromatic amines is 1. The van der Waals surface area contributed by atoms with Crippen molar-refractivity contribution in [2.24, 2.45) is 0 Å². The number of benzene rings is 4. The lowest BCUT2D eigenvalue weighted by Crippen LogP contribution is -2.45. The van der Waals surface area contributed by atoms with Gasteiger partial charge in [-0.2, -0.15) is 4.72 Å². The van der Waals surface area contributed by atoms with E-state index in [2.05, 4.69) is 15.0 Å². The maximum Gasteiger partial charge on any atom is 0.242 e. The second kappa shape index (κ2) is 9.37. The van der Waals surface area contributed by atoms with Crippen LogP contribution in [0.5, 0.6) is 0 Å². The second-order valence-corrected chi connectivity index (χ2v) is 10.3. The summed E-state index contributed by atoms with van der Waals surface area (Å²) in [7, 11) is -3.93. The van der Waals surface area contributed by atoms with Crippen molar-refractivity contribution in [3.8, 4) is 0 Å². The van der Waals surface area contributed by atoms with Crippen molar-refractivity contribution in [3.63, 3.8) is 0 Å². The Kier molecular flexibility index (Phi) is 6.11. The van der Waals surface area contributed by atoms with Crippen LogP contribution in [0, 0.1) is 6.92 Å². The van der Waals surface area contributed by atoms with Crippen LogP contribution in [0.1, 0.15) is 11.1 Å². The van der Waals surface area contributed by atoms with Gasteiger partial charge in [0.15, 0.2) is 0 Å². The Hall–Kier alpha value is -3.94. The number of para-hydroxylation sites is 1. The normalized spacial score (nSPS) is 12.6. The van der Waals surface area contributed by atoms with Crippen molar-refractivity contribution in [1.29, 1.82) is 0 Å². The average Bonchev–Trinajstić information content (AvgIpc) is 3.26. The summed E-state index contributed by atoms with van der Waals surface area (Å²) in [6.07, 6.45) is 2.01. The number of aryl methyl sites for hydroxylation is 1. The van der Waals surface area contributed by atoms with Gasteiger partial charge in [0.1, 0.15) is 6.04 Å². The van der Waals surface area contributed by atoms with E-state index in [4.69, 9.17) is 0 Å². The summed E-state index contributed by atoms with van der Waals surface area (Å²) in [6, 6.07) is 26.8. The number of carbonyl (C=O) groups is 1. The first kappa shape index (κ1) is 22.8. The van der Waals surface area contributed by atoms with E-state index in [1.54, 1.807) is 12.1 Å². The number of fused-ring (bicyclic) bond motifs is 2. The number of amides is 1. The Morgan fingerprint density at radius 1 is 0.886 bits per heavy atom. The fraction of sp³-hybridized carbons (Fsp3) is 0.107. The van der Waals surface area contributed by atoms with Crippen molar-refractivity contribution < 1.29 is 13.2 Å². The molecule has 0 saturated heterocycles. The van der Waals surface area contributed by atoms with Gasteiger partial charge in [-0.15, -0.1) is 0 Å². The van der Waals surface area contributed by atoms with Crippen molar-refractivity contribution in [2.75, 3.05) is 5.32 Å². The first-order valence-corrected chi connectivity index (χ1v) is 12.8. The molecule has 0 fully saturated rings. The minimum absolute atomic E-state index is 0.125. The number of carbonyl (C=O) groups excluding carboxylic acids is 1. The predicted octanol–water partition coefficient (Wildman–Crippen LogP) is 5.16. The van der Waals surface area contributed by atoms with Gasteiger partial charge in [0.2, 0.25) is 15.9 Å². The number of anilines is 1. The number of aromatic nitrogens is 1. The van der Waals surface area contributed by atoms with Crippen molar-refractivity contribution >= 4 is 43.3 Å². The van der Waals surface area contributed by atoms with Crippen LogP contribution in [0.15, 0.2) is 102 Å². The van der Waals surface area contributed by atoms with Gasteiger partial charge in [-0.25, -0.2) is 8.42 Å². The maximum atomic E-state index is 13.4. The lowest BCUT2D eigenvalue weighted by molar-refractivity contribution is -0.117. The molecule has 0 aliphatic rings. The van der Waals surface area contributed by atoms with Gasteiger partial charge < -0.3 is 10.3 Å². The van der Waals surface area contributed by atoms with Crippen LogP contribution in [0.2, 0.25) is 0 Å². The highest BCUT2D eigenvalue weighted by atomic mass is 32.2. The summed E-state index contributed by atoms with van der Waals surface area (Å²) in [4.78, 5) is 16.8. The highest BCUT2D eigenvalue weighted by Gasteiger charge is 2.27. The van der Waals surface area contributed by atoms with Crippen LogP contribution in [-0.4, -0.2) is 25.4 Å². The van der Waals surface area contributed by atoms with Crippen LogP contribution >= 0.6 is 0 Å². The fourth-order valence-corrected chi connectivity index (χ4v) is 5.54.